The van der Waals surface area contributed by atoms with Crippen molar-refractivity contribution in [2.75, 3.05) is 17.6 Å². The number of thiophene rings is 1. The molecule has 0 saturated heterocycles. The predicted octanol–water partition coefficient (Wildman–Crippen LogP) is 3.89. The van der Waals surface area contributed by atoms with Gasteiger partial charge in [-0.15, -0.1) is 16.4 Å². The second-order valence-electron chi connectivity index (χ2n) is 7.54. The van der Waals surface area contributed by atoms with Crippen LogP contribution in [0.4, 0.5) is 5.69 Å². The molecule has 1 N–H and O–H groups in total. The zero-order valence-corrected chi connectivity index (χ0v) is 20.3. The summed E-state index contributed by atoms with van der Waals surface area (Å²) < 4.78 is 1.51. The predicted molar refractivity (Wildman–Crippen MR) is 134 cm³/mol. The highest BCUT2D eigenvalue weighted by molar-refractivity contribution is 7.99. The molecule has 0 aliphatic carbocycles. The topological polar surface area (TPSA) is 93.0 Å². The number of amides is 2. The second kappa shape index (κ2) is 11.6. The van der Waals surface area contributed by atoms with Crippen LogP contribution in [0, 0.1) is 0 Å². The summed E-state index contributed by atoms with van der Waals surface area (Å²) in [5.74, 6) is -0.0232. The summed E-state index contributed by atoms with van der Waals surface area (Å²) in [7, 11) is 1.72. The van der Waals surface area contributed by atoms with Crippen LogP contribution in [0.5, 0.6) is 0 Å². The second-order valence-corrected chi connectivity index (χ2v) is 9.52. The summed E-state index contributed by atoms with van der Waals surface area (Å²) in [6.07, 6.45) is 0.783. The number of tetrazole rings is 1. The van der Waals surface area contributed by atoms with Gasteiger partial charge >= 0.3 is 0 Å². The van der Waals surface area contributed by atoms with Crippen molar-refractivity contribution in [3.8, 4) is 0 Å². The molecule has 34 heavy (non-hydrogen) atoms. The number of rotatable bonds is 10. The van der Waals surface area contributed by atoms with Crippen molar-refractivity contribution >= 4 is 40.6 Å². The summed E-state index contributed by atoms with van der Waals surface area (Å²) in [4.78, 5) is 28.6. The number of aryl methyl sites for hydroxylation is 1. The van der Waals surface area contributed by atoms with Crippen LogP contribution in [0.1, 0.15) is 20.8 Å². The first kappa shape index (κ1) is 23.7. The standard InChI is InChI=1S/C24H24N6O2S2/c1-29-24(26-27-28-29)34-17-22(31)25-20-11-9-19(10-12-20)23(32)30(16-21-8-5-15-33-21)14-13-18-6-3-2-4-7-18/h2-12,15H,13-14,16-17H2,1H3,(H,25,31). The van der Waals surface area contributed by atoms with Gasteiger partial charge in [-0.05, 0) is 58.1 Å². The maximum Gasteiger partial charge on any atom is 0.254 e. The molecular formula is C24H24N6O2S2. The molecule has 0 aliphatic heterocycles. The average molecular weight is 493 g/mol. The van der Waals surface area contributed by atoms with Crippen molar-refractivity contribution in [1.82, 2.24) is 25.1 Å². The summed E-state index contributed by atoms with van der Waals surface area (Å²) >= 11 is 2.90. The molecule has 0 unspecified atom stereocenters. The highest BCUT2D eigenvalue weighted by Gasteiger charge is 2.17. The molecule has 0 atom stereocenters. The number of hydrogen-bond donors (Lipinski definition) is 1. The lowest BCUT2D eigenvalue weighted by Gasteiger charge is -2.22. The van der Waals surface area contributed by atoms with E-state index in [1.54, 1.807) is 42.6 Å². The van der Waals surface area contributed by atoms with Crippen molar-refractivity contribution < 1.29 is 9.59 Å². The number of nitrogens with one attached hydrogen (secondary N) is 1. The zero-order chi connectivity index (χ0) is 23.8. The minimum atomic E-state index is -0.172. The Hall–Kier alpha value is -3.50. The van der Waals surface area contributed by atoms with Gasteiger partial charge in [0.1, 0.15) is 0 Å². The largest absolute Gasteiger partial charge is 0.333 e. The molecule has 10 heteroatoms. The van der Waals surface area contributed by atoms with Crippen LogP contribution < -0.4 is 5.32 Å². The van der Waals surface area contributed by atoms with Gasteiger partial charge < -0.3 is 10.2 Å². The van der Waals surface area contributed by atoms with Gasteiger partial charge in [-0.25, -0.2) is 4.68 Å². The highest BCUT2D eigenvalue weighted by Crippen LogP contribution is 2.18. The van der Waals surface area contributed by atoms with Crippen LogP contribution in [0.25, 0.3) is 0 Å². The molecule has 0 saturated carbocycles. The summed E-state index contributed by atoms with van der Waals surface area (Å²) in [6, 6.07) is 21.2. The number of anilines is 1. The molecule has 2 amide bonds. The Morgan fingerprint density at radius 1 is 1.06 bits per heavy atom. The lowest BCUT2D eigenvalue weighted by Crippen LogP contribution is -2.32. The van der Waals surface area contributed by atoms with E-state index in [1.165, 1.54) is 22.0 Å². The molecular weight excluding hydrogens is 468 g/mol. The van der Waals surface area contributed by atoms with Crippen LogP contribution in [-0.4, -0.2) is 49.2 Å². The zero-order valence-electron chi connectivity index (χ0n) is 18.6. The fraction of sp³-hybridized carbons (Fsp3) is 0.208. The van der Waals surface area contributed by atoms with E-state index in [2.05, 4.69) is 33.0 Å². The van der Waals surface area contributed by atoms with Gasteiger partial charge in [0.2, 0.25) is 11.1 Å². The summed E-state index contributed by atoms with van der Waals surface area (Å²) in [5, 5.41) is 16.6. The van der Waals surface area contributed by atoms with Gasteiger partial charge in [-0.3, -0.25) is 9.59 Å². The van der Waals surface area contributed by atoms with Gasteiger partial charge in [-0.1, -0.05) is 48.2 Å². The number of nitrogens with zero attached hydrogens (tertiary/aromatic N) is 5. The third-order valence-corrected chi connectivity index (χ3v) is 6.93. The molecule has 2 aromatic carbocycles. The summed E-state index contributed by atoms with van der Waals surface area (Å²) in [5.41, 5.74) is 2.41. The molecule has 4 rings (SSSR count). The number of benzene rings is 2. The van der Waals surface area contributed by atoms with Crippen molar-refractivity contribution in [1.29, 1.82) is 0 Å². The molecule has 4 aromatic rings. The Morgan fingerprint density at radius 3 is 2.53 bits per heavy atom. The number of aromatic nitrogens is 4. The molecule has 174 valence electrons. The monoisotopic (exact) mass is 492 g/mol. The third-order valence-electron chi connectivity index (χ3n) is 5.06. The van der Waals surface area contributed by atoms with E-state index in [9.17, 15) is 9.59 Å². The smallest absolute Gasteiger partial charge is 0.254 e. The van der Waals surface area contributed by atoms with Crippen LogP contribution in [0.2, 0.25) is 0 Å². The Balaban J connectivity index is 1.37. The van der Waals surface area contributed by atoms with E-state index in [0.717, 1.165) is 11.3 Å². The van der Waals surface area contributed by atoms with Crippen molar-refractivity contribution in [2.45, 2.75) is 18.1 Å². The number of thioether (sulfide) groups is 1. The number of carbonyl (C=O) groups is 2. The van der Waals surface area contributed by atoms with Crippen molar-refractivity contribution in [3.63, 3.8) is 0 Å². The molecule has 0 aliphatic rings. The lowest BCUT2D eigenvalue weighted by atomic mass is 10.1. The SMILES string of the molecule is Cn1nnnc1SCC(=O)Nc1ccc(C(=O)N(CCc2ccccc2)Cc2cccs2)cc1. The highest BCUT2D eigenvalue weighted by atomic mass is 32.2. The Kier molecular flexibility index (Phi) is 8.05. The van der Waals surface area contributed by atoms with E-state index in [0.29, 0.717) is 29.5 Å². The first-order valence-corrected chi connectivity index (χ1v) is 12.6. The summed E-state index contributed by atoms with van der Waals surface area (Å²) in [6.45, 7) is 1.18. The van der Waals surface area contributed by atoms with E-state index in [1.807, 2.05) is 40.6 Å². The molecule has 2 heterocycles. The lowest BCUT2D eigenvalue weighted by molar-refractivity contribution is -0.113. The van der Waals surface area contributed by atoms with Gasteiger partial charge in [0.15, 0.2) is 0 Å². The van der Waals surface area contributed by atoms with E-state index < -0.39 is 0 Å². The van der Waals surface area contributed by atoms with E-state index >= 15 is 0 Å². The van der Waals surface area contributed by atoms with Crippen LogP contribution in [0.3, 0.4) is 0 Å². The third kappa shape index (κ3) is 6.52. The minimum Gasteiger partial charge on any atom is -0.333 e. The van der Waals surface area contributed by atoms with Crippen molar-refractivity contribution in [3.05, 3.63) is 88.1 Å². The van der Waals surface area contributed by atoms with Crippen LogP contribution in [-0.2, 0) is 24.8 Å². The maximum absolute atomic E-state index is 13.3. The average Bonchev–Trinajstić information content (AvgIpc) is 3.52. The number of hydrogen-bond acceptors (Lipinski definition) is 7. The van der Waals surface area contributed by atoms with Gasteiger partial charge in [-0.2, -0.15) is 0 Å². The Bertz CT molecular complexity index is 1210. The molecule has 0 spiro atoms. The van der Waals surface area contributed by atoms with Crippen LogP contribution in [0.15, 0.2) is 77.3 Å². The van der Waals surface area contributed by atoms with E-state index in [4.69, 9.17) is 0 Å². The van der Waals surface area contributed by atoms with Gasteiger partial charge in [0.05, 0.1) is 12.3 Å². The number of carbonyl (C=O) groups excluding carboxylic acids is 2. The molecule has 0 bridgehead atoms. The normalized spacial score (nSPS) is 10.7. The Labute approximate surface area is 206 Å². The fourth-order valence-corrected chi connectivity index (χ4v) is 4.67. The van der Waals surface area contributed by atoms with Gasteiger partial charge in [0.25, 0.3) is 5.91 Å². The quantitative estimate of drug-likeness (QED) is 0.338. The molecule has 0 fully saturated rings. The Morgan fingerprint density at radius 2 is 1.85 bits per heavy atom. The molecule has 2 aromatic heterocycles. The van der Waals surface area contributed by atoms with Gasteiger partial charge in [0, 0.05) is 29.7 Å². The van der Waals surface area contributed by atoms with Crippen LogP contribution >= 0.6 is 23.1 Å². The first-order chi connectivity index (χ1) is 16.6. The molecule has 0 radical (unpaired) electrons. The van der Waals surface area contributed by atoms with Crippen molar-refractivity contribution in [2.24, 2.45) is 7.05 Å². The minimum absolute atomic E-state index is 0.0347. The fourth-order valence-electron chi connectivity index (χ4n) is 3.30. The molecule has 8 nitrogen and oxygen atoms in total. The first-order valence-electron chi connectivity index (χ1n) is 10.7. The van der Waals surface area contributed by atoms with E-state index in [-0.39, 0.29) is 17.6 Å². The maximum atomic E-state index is 13.3.